The second-order valence-electron chi connectivity index (χ2n) is 18.8. The van der Waals surface area contributed by atoms with E-state index in [9.17, 15) is 46.5 Å². The van der Waals surface area contributed by atoms with Gasteiger partial charge in [-0.15, -0.1) is 0 Å². The van der Waals surface area contributed by atoms with Gasteiger partial charge in [0, 0.05) is 86.0 Å². The number of benzene rings is 5. The molecule has 412 valence electrons. The van der Waals surface area contributed by atoms with E-state index in [0.717, 1.165) is 36.8 Å². The Hall–Kier alpha value is -6.35. The number of carboxylic acids is 3. The molecule has 0 radical (unpaired) electrons. The number of unbranched alkanes of at least 4 members (excludes halogenated alkanes) is 2. The molecule has 5 aromatic rings. The van der Waals surface area contributed by atoms with Crippen LogP contribution < -0.4 is 14.2 Å². The average molecular weight is 1090 g/mol. The lowest BCUT2D eigenvalue weighted by atomic mass is 9.90. The molecule has 19 heteroatoms. The van der Waals surface area contributed by atoms with Crippen LogP contribution in [0.2, 0.25) is 0 Å². The Morgan fingerprint density at radius 1 is 0.434 bits per heavy atom. The zero-order valence-corrected chi connectivity index (χ0v) is 46.2. The third-order valence-corrected chi connectivity index (χ3v) is 15.9. The largest absolute Gasteiger partial charge is 0.481 e. The molecule has 0 saturated heterocycles. The van der Waals surface area contributed by atoms with Crippen LogP contribution in [0.25, 0.3) is 22.3 Å². The van der Waals surface area contributed by atoms with E-state index in [1.165, 1.54) is 32.9 Å². The first-order chi connectivity index (χ1) is 36.2. The predicted octanol–water partition coefficient (Wildman–Crippen LogP) is 9.75. The van der Waals surface area contributed by atoms with Crippen LogP contribution in [0, 0.1) is 34.6 Å². The fraction of sp³-hybridized carbons (Fsp3) is 0.421. The van der Waals surface area contributed by atoms with Crippen LogP contribution in [0.3, 0.4) is 0 Å². The van der Waals surface area contributed by atoms with Crippen LogP contribution in [0.1, 0.15) is 91.3 Å². The van der Waals surface area contributed by atoms with Gasteiger partial charge < -0.3 is 39.0 Å². The van der Waals surface area contributed by atoms with Crippen LogP contribution in [-0.4, -0.2) is 118 Å². The van der Waals surface area contributed by atoms with Gasteiger partial charge in [0.1, 0.15) is 17.2 Å². The Kier molecular flexibility index (Phi) is 22.8. The summed E-state index contributed by atoms with van der Waals surface area (Å²) >= 11 is 0. The topological polar surface area (TPSA) is 233 Å². The maximum atomic E-state index is 14.6. The Bertz CT molecular complexity index is 2810. The second kappa shape index (κ2) is 28.7. The van der Waals surface area contributed by atoms with Crippen molar-refractivity contribution in [1.82, 2.24) is 8.61 Å². The Labute approximate surface area is 447 Å². The van der Waals surface area contributed by atoms with E-state index in [1.54, 1.807) is 81.4 Å². The molecule has 0 aliphatic carbocycles. The molecule has 76 heavy (non-hydrogen) atoms. The number of hydrogen-bond acceptors (Lipinski definition) is 12. The normalized spacial score (nSPS) is 11.8. The molecule has 0 aliphatic heterocycles. The number of nitrogens with zero attached hydrogens (tertiary/aromatic N) is 2. The van der Waals surface area contributed by atoms with Crippen molar-refractivity contribution in [2.24, 2.45) is 0 Å². The summed E-state index contributed by atoms with van der Waals surface area (Å²) in [4.78, 5) is 37.1. The summed E-state index contributed by atoms with van der Waals surface area (Å²) in [5.41, 5.74) is 4.98. The first-order valence-electron chi connectivity index (χ1n) is 25.4. The summed E-state index contributed by atoms with van der Waals surface area (Å²) in [5.74, 6) is -4.08. The highest BCUT2D eigenvalue weighted by molar-refractivity contribution is 7.89. The van der Waals surface area contributed by atoms with Crippen molar-refractivity contribution in [2.45, 2.75) is 110 Å². The van der Waals surface area contributed by atoms with Gasteiger partial charge in [0.05, 0.1) is 9.79 Å². The van der Waals surface area contributed by atoms with E-state index >= 15 is 0 Å². The molecule has 0 spiro atoms. The van der Waals surface area contributed by atoms with Crippen molar-refractivity contribution >= 4 is 38.0 Å². The predicted molar refractivity (Wildman–Crippen MR) is 289 cm³/mol. The van der Waals surface area contributed by atoms with Crippen molar-refractivity contribution in [3.8, 4) is 39.5 Å². The van der Waals surface area contributed by atoms with E-state index in [-0.39, 0.29) is 88.7 Å². The minimum Gasteiger partial charge on any atom is -0.481 e. The van der Waals surface area contributed by atoms with E-state index in [1.807, 2.05) is 27.7 Å². The lowest BCUT2D eigenvalue weighted by Gasteiger charge is -2.27. The number of aryl methyl sites for hydroxylation is 5. The van der Waals surface area contributed by atoms with Crippen LogP contribution in [0.5, 0.6) is 17.2 Å². The number of hydrogen-bond donors (Lipinski definition) is 3. The van der Waals surface area contributed by atoms with Gasteiger partial charge in [-0.2, -0.15) is 8.61 Å². The molecule has 5 aromatic carbocycles. The lowest BCUT2D eigenvalue weighted by Crippen LogP contribution is -2.32. The number of rotatable bonds is 33. The molecule has 0 atom stereocenters. The van der Waals surface area contributed by atoms with Gasteiger partial charge in [0.2, 0.25) is 20.0 Å². The van der Waals surface area contributed by atoms with Gasteiger partial charge in [-0.1, -0.05) is 74.2 Å². The zero-order chi connectivity index (χ0) is 55.6. The number of ether oxygens (including phenoxy) is 5. The standard InChI is InChI=1S/C57H72N2O15S2/c1-8-10-24-70-26-12-22-58(75(66,67)46-18-14-39(3)15-19-46)34-44-28-41(5)30-48(55(44)72-36-52(60)61)50-32-43(7)33-51(57(50)74-38-54(64)65)49-31-42(6)29-45(56(49)73-37-53(62)63)35-59(23-13-27-71-25-11-9-2)76(68,69)47-20-16-40(4)17-21-47/h14-21,28-33H,8-13,22-27,34-38H2,1-7H3,(H,60,61)(H,62,63)(H,64,65). The first kappa shape index (κ1) is 60.5. The smallest absolute Gasteiger partial charge is 0.341 e. The van der Waals surface area contributed by atoms with Gasteiger partial charge in [0.25, 0.3) is 0 Å². The van der Waals surface area contributed by atoms with Crippen molar-refractivity contribution in [1.29, 1.82) is 0 Å². The third kappa shape index (κ3) is 17.1. The summed E-state index contributed by atoms with van der Waals surface area (Å²) in [6, 6.07) is 23.0. The molecule has 3 N–H and O–H groups in total. The van der Waals surface area contributed by atoms with Crippen molar-refractivity contribution in [2.75, 3.05) is 59.3 Å². The van der Waals surface area contributed by atoms with Gasteiger partial charge >= 0.3 is 17.9 Å². The molecule has 0 heterocycles. The summed E-state index contributed by atoms with van der Waals surface area (Å²) < 4.78 is 90.9. The molecular weight excluding hydrogens is 1020 g/mol. The lowest BCUT2D eigenvalue weighted by molar-refractivity contribution is -0.140. The molecule has 0 aromatic heterocycles. The molecule has 5 rings (SSSR count). The Morgan fingerprint density at radius 2 is 0.737 bits per heavy atom. The minimum absolute atomic E-state index is 0.0177. The van der Waals surface area contributed by atoms with Gasteiger partial charge in [-0.25, -0.2) is 31.2 Å². The molecule has 0 fully saturated rings. The molecule has 0 amide bonds. The van der Waals surface area contributed by atoms with Crippen LogP contribution in [-0.2, 0) is 57.0 Å². The van der Waals surface area contributed by atoms with Crippen LogP contribution in [0.4, 0.5) is 0 Å². The number of carboxylic acid groups (broad SMARTS) is 3. The van der Waals surface area contributed by atoms with E-state index in [4.69, 9.17) is 23.7 Å². The average Bonchev–Trinajstić information content (AvgIpc) is 3.36. The first-order valence-corrected chi connectivity index (χ1v) is 28.3. The quantitative estimate of drug-likeness (QED) is 0.0332. The van der Waals surface area contributed by atoms with Gasteiger partial charge in [-0.05, 0) is 126 Å². The van der Waals surface area contributed by atoms with Crippen molar-refractivity contribution < 1.29 is 70.2 Å². The van der Waals surface area contributed by atoms with Crippen molar-refractivity contribution in [3.05, 3.63) is 124 Å². The van der Waals surface area contributed by atoms with Crippen LogP contribution >= 0.6 is 0 Å². The van der Waals surface area contributed by atoms with Gasteiger partial charge in [0.15, 0.2) is 19.8 Å². The van der Waals surface area contributed by atoms with E-state index in [0.29, 0.717) is 53.9 Å². The molecule has 0 unspecified atom stereocenters. The molecule has 17 nitrogen and oxygen atoms in total. The Balaban J connectivity index is 1.76. The summed E-state index contributed by atoms with van der Waals surface area (Å²) in [6.07, 6.45) is 4.21. The molecular formula is C57H72N2O15S2. The highest BCUT2D eigenvalue weighted by atomic mass is 32.2. The van der Waals surface area contributed by atoms with E-state index in [2.05, 4.69) is 0 Å². The number of aliphatic carboxylic acids is 3. The number of sulfonamides is 2. The summed E-state index contributed by atoms with van der Waals surface area (Å²) in [5, 5.41) is 30.2. The van der Waals surface area contributed by atoms with Crippen molar-refractivity contribution in [3.63, 3.8) is 0 Å². The fourth-order valence-electron chi connectivity index (χ4n) is 8.45. The summed E-state index contributed by atoms with van der Waals surface area (Å²) in [7, 11) is -8.37. The minimum atomic E-state index is -4.19. The monoisotopic (exact) mass is 1090 g/mol. The highest BCUT2D eigenvalue weighted by Gasteiger charge is 2.31. The second-order valence-corrected chi connectivity index (χ2v) is 22.7. The Morgan fingerprint density at radius 3 is 1.07 bits per heavy atom. The third-order valence-electron chi connectivity index (χ3n) is 12.1. The molecule has 0 aliphatic rings. The highest BCUT2D eigenvalue weighted by Crippen LogP contribution is 2.48. The van der Waals surface area contributed by atoms with Crippen LogP contribution in [0.15, 0.2) is 94.7 Å². The van der Waals surface area contributed by atoms with E-state index < -0.39 is 57.8 Å². The zero-order valence-electron chi connectivity index (χ0n) is 44.6. The number of carbonyl (C=O) groups is 3. The maximum absolute atomic E-state index is 14.6. The molecule has 0 saturated carbocycles. The molecule has 0 bridgehead atoms. The maximum Gasteiger partial charge on any atom is 0.341 e. The van der Waals surface area contributed by atoms with Gasteiger partial charge in [-0.3, -0.25) is 0 Å². The SMILES string of the molecule is CCCCOCCCN(Cc1cc(C)cc(-c2cc(C)cc(-c3cc(C)cc(CN(CCCOCCCC)S(=O)(=O)c4ccc(C)cc4)c3OCC(=O)O)c2OCC(=O)O)c1OCC(=O)O)S(=O)(=O)c1ccc(C)cc1. The summed E-state index contributed by atoms with van der Waals surface area (Å²) in [6.45, 7) is 11.6. The fourth-order valence-corrected chi connectivity index (χ4v) is 11.4.